The van der Waals surface area contributed by atoms with Gasteiger partial charge in [0.1, 0.15) is 0 Å². The van der Waals surface area contributed by atoms with Crippen LogP contribution in [-0.4, -0.2) is 16.5 Å². The van der Waals surface area contributed by atoms with Crippen molar-refractivity contribution in [1.29, 1.82) is 0 Å². The van der Waals surface area contributed by atoms with Gasteiger partial charge in [-0.15, -0.1) is 0 Å². The number of thioether (sulfide) groups is 1. The fraction of sp³-hybridized carbons (Fsp3) is 0.533. The molecule has 1 aromatic carbocycles. The van der Waals surface area contributed by atoms with Crippen LogP contribution in [0.5, 0.6) is 0 Å². The predicted molar refractivity (Wildman–Crippen MR) is 90.3 cm³/mol. The molecule has 0 aromatic heterocycles. The van der Waals surface area contributed by atoms with E-state index in [1.54, 1.807) is 17.8 Å². The summed E-state index contributed by atoms with van der Waals surface area (Å²) in [6, 6.07) is 5.50. The van der Waals surface area contributed by atoms with Crippen molar-refractivity contribution in [2.75, 3.05) is 11.1 Å². The highest BCUT2D eigenvalue weighted by Crippen LogP contribution is 2.42. The molecule has 0 amide bonds. The minimum atomic E-state index is 0.165. The number of hydrogen-bond acceptors (Lipinski definition) is 3. The summed E-state index contributed by atoms with van der Waals surface area (Å²) >= 11 is 13.9. The van der Waals surface area contributed by atoms with E-state index in [1.165, 1.54) is 25.7 Å². The average molecular weight is 329 g/mol. The van der Waals surface area contributed by atoms with E-state index < -0.39 is 0 Å². The molecule has 1 aliphatic heterocycles. The second-order valence-corrected chi connectivity index (χ2v) is 7.67. The van der Waals surface area contributed by atoms with Gasteiger partial charge in [0.25, 0.3) is 0 Å². The second-order valence-electron chi connectivity index (χ2n) is 5.86. The van der Waals surface area contributed by atoms with Gasteiger partial charge in [-0.05, 0) is 49.8 Å². The van der Waals surface area contributed by atoms with E-state index in [0.29, 0.717) is 10.0 Å². The summed E-state index contributed by atoms with van der Waals surface area (Å²) in [4.78, 5) is 4.95. The van der Waals surface area contributed by atoms with Gasteiger partial charge < -0.3 is 5.32 Å². The predicted octanol–water partition coefficient (Wildman–Crippen LogP) is 5.46. The third-order valence-corrected chi connectivity index (χ3v) is 5.89. The molecule has 2 nitrogen and oxygen atoms in total. The highest BCUT2D eigenvalue weighted by molar-refractivity contribution is 8.14. The van der Waals surface area contributed by atoms with E-state index in [-0.39, 0.29) is 5.54 Å². The number of nitrogens with zero attached hydrogens (tertiary/aromatic N) is 1. The molecule has 0 atom stereocenters. The largest absolute Gasteiger partial charge is 0.334 e. The SMILES string of the molecule is CC1CCC2(CC1)CSC(Nc1ccc(Cl)cc1Cl)=N2. The maximum Gasteiger partial charge on any atom is 0.161 e. The molecule has 0 radical (unpaired) electrons. The Morgan fingerprint density at radius 2 is 2.05 bits per heavy atom. The summed E-state index contributed by atoms with van der Waals surface area (Å²) in [6.07, 6.45) is 5.00. The van der Waals surface area contributed by atoms with Crippen LogP contribution in [-0.2, 0) is 0 Å². The molecule has 2 aliphatic rings. The van der Waals surface area contributed by atoms with Crippen molar-refractivity contribution in [1.82, 2.24) is 0 Å². The van der Waals surface area contributed by atoms with Gasteiger partial charge in [-0.1, -0.05) is 41.9 Å². The zero-order valence-corrected chi connectivity index (χ0v) is 13.8. The van der Waals surface area contributed by atoms with Gasteiger partial charge in [-0.25, -0.2) is 0 Å². The molecular weight excluding hydrogens is 311 g/mol. The van der Waals surface area contributed by atoms with Crippen LogP contribution >= 0.6 is 35.0 Å². The summed E-state index contributed by atoms with van der Waals surface area (Å²) in [5.74, 6) is 1.94. The van der Waals surface area contributed by atoms with Crippen LogP contribution in [0.25, 0.3) is 0 Å². The summed E-state index contributed by atoms with van der Waals surface area (Å²) in [7, 11) is 0. The molecule has 0 saturated heterocycles. The molecule has 108 valence electrons. The average Bonchev–Trinajstić information content (AvgIpc) is 2.80. The first-order chi connectivity index (χ1) is 9.56. The first kappa shape index (κ1) is 14.6. The molecule has 1 aromatic rings. The molecule has 1 spiro atoms. The first-order valence-corrected chi connectivity index (χ1v) is 8.75. The number of rotatable bonds is 1. The van der Waals surface area contributed by atoms with Crippen molar-refractivity contribution in [2.24, 2.45) is 10.9 Å². The Morgan fingerprint density at radius 3 is 2.75 bits per heavy atom. The molecule has 20 heavy (non-hydrogen) atoms. The number of hydrogen-bond donors (Lipinski definition) is 1. The van der Waals surface area contributed by atoms with Crippen LogP contribution in [0.4, 0.5) is 5.69 Å². The van der Waals surface area contributed by atoms with E-state index in [0.717, 1.165) is 22.5 Å². The highest BCUT2D eigenvalue weighted by Gasteiger charge is 2.38. The number of amidine groups is 1. The lowest BCUT2D eigenvalue weighted by Crippen LogP contribution is -2.32. The minimum Gasteiger partial charge on any atom is -0.334 e. The fourth-order valence-electron chi connectivity index (χ4n) is 2.81. The number of halogens is 2. The second kappa shape index (κ2) is 5.78. The molecule has 3 rings (SSSR count). The van der Waals surface area contributed by atoms with Crippen molar-refractivity contribution < 1.29 is 0 Å². The Hall–Kier alpha value is -0.380. The monoisotopic (exact) mass is 328 g/mol. The topological polar surface area (TPSA) is 24.4 Å². The molecule has 1 saturated carbocycles. The quantitative estimate of drug-likeness (QED) is 0.740. The van der Waals surface area contributed by atoms with E-state index in [2.05, 4.69) is 12.2 Å². The molecule has 1 heterocycles. The van der Waals surface area contributed by atoms with Crippen LogP contribution in [0.1, 0.15) is 32.6 Å². The van der Waals surface area contributed by atoms with Crippen LogP contribution in [0.3, 0.4) is 0 Å². The van der Waals surface area contributed by atoms with E-state index in [1.807, 2.05) is 12.1 Å². The minimum absolute atomic E-state index is 0.165. The van der Waals surface area contributed by atoms with Crippen molar-refractivity contribution in [3.63, 3.8) is 0 Å². The van der Waals surface area contributed by atoms with Crippen molar-refractivity contribution in [2.45, 2.75) is 38.1 Å². The summed E-state index contributed by atoms with van der Waals surface area (Å²) < 4.78 is 0. The van der Waals surface area contributed by atoms with E-state index >= 15 is 0 Å². The van der Waals surface area contributed by atoms with Gasteiger partial charge in [0.15, 0.2) is 5.17 Å². The van der Waals surface area contributed by atoms with Crippen LogP contribution in [0.15, 0.2) is 23.2 Å². The van der Waals surface area contributed by atoms with Gasteiger partial charge in [-0.3, -0.25) is 4.99 Å². The Morgan fingerprint density at radius 1 is 1.30 bits per heavy atom. The lowest BCUT2D eigenvalue weighted by atomic mass is 9.79. The number of anilines is 1. The van der Waals surface area contributed by atoms with Crippen molar-refractivity contribution in [3.05, 3.63) is 28.2 Å². The Bertz CT molecular complexity index is 537. The molecule has 1 aliphatic carbocycles. The van der Waals surface area contributed by atoms with Gasteiger partial charge in [0.05, 0.1) is 16.2 Å². The number of aliphatic imine (C=N–C) groups is 1. The fourth-order valence-corrected chi connectivity index (χ4v) is 4.46. The summed E-state index contributed by atoms with van der Waals surface area (Å²) in [6.45, 7) is 2.34. The smallest absolute Gasteiger partial charge is 0.161 e. The Kier molecular flexibility index (Phi) is 4.21. The van der Waals surface area contributed by atoms with Crippen molar-refractivity contribution >= 4 is 45.8 Å². The highest BCUT2D eigenvalue weighted by atomic mass is 35.5. The molecule has 0 bridgehead atoms. The third kappa shape index (κ3) is 3.10. The van der Waals surface area contributed by atoms with Gasteiger partial charge in [-0.2, -0.15) is 0 Å². The number of benzene rings is 1. The van der Waals surface area contributed by atoms with Crippen molar-refractivity contribution in [3.8, 4) is 0 Å². The van der Waals surface area contributed by atoms with Crippen LogP contribution in [0, 0.1) is 5.92 Å². The van der Waals surface area contributed by atoms with Crippen LogP contribution in [0.2, 0.25) is 10.0 Å². The van der Waals surface area contributed by atoms with Gasteiger partial charge in [0.2, 0.25) is 0 Å². The zero-order valence-electron chi connectivity index (χ0n) is 11.5. The standard InChI is InChI=1S/C15H18Cl2N2S/c1-10-4-6-15(7-5-10)9-20-14(19-15)18-13-3-2-11(16)8-12(13)17/h2-3,8,10H,4-7,9H2,1H3,(H,18,19). The Labute approximate surface area is 134 Å². The van der Waals surface area contributed by atoms with Crippen LogP contribution < -0.4 is 5.32 Å². The lowest BCUT2D eigenvalue weighted by molar-refractivity contribution is 0.273. The van der Waals surface area contributed by atoms with E-state index in [4.69, 9.17) is 28.2 Å². The first-order valence-electron chi connectivity index (χ1n) is 7.01. The normalized spacial score (nSPS) is 29.6. The molecule has 1 fully saturated rings. The lowest BCUT2D eigenvalue weighted by Gasteiger charge is -2.32. The maximum atomic E-state index is 6.19. The zero-order chi connectivity index (χ0) is 14.2. The third-order valence-electron chi connectivity index (χ3n) is 4.19. The molecular formula is C15H18Cl2N2S. The summed E-state index contributed by atoms with van der Waals surface area (Å²) in [5.41, 5.74) is 1.04. The van der Waals surface area contributed by atoms with Gasteiger partial charge >= 0.3 is 0 Å². The Balaban J connectivity index is 1.72. The maximum absolute atomic E-state index is 6.19. The molecule has 5 heteroatoms. The number of nitrogens with one attached hydrogen (secondary N) is 1. The van der Waals surface area contributed by atoms with Gasteiger partial charge in [0, 0.05) is 10.8 Å². The van der Waals surface area contributed by atoms with E-state index in [9.17, 15) is 0 Å². The molecule has 1 N–H and O–H groups in total. The molecule has 0 unspecified atom stereocenters. The summed E-state index contributed by atoms with van der Waals surface area (Å²) in [5, 5.41) is 5.62.